The number of rotatable bonds is 3. The maximum absolute atomic E-state index is 12.0. The number of ether oxygens (including phenoxy) is 1. The van der Waals surface area contributed by atoms with Crippen molar-refractivity contribution in [1.29, 1.82) is 0 Å². The van der Waals surface area contributed by atoms with E-state index < -0.39 is 0 Å². The van der Waals surface area contributed by atoms with Crippen LogP contribution in [0.15, 0.2) is 0 Å². The number of carbonyl (C=O) groups is 1. The summed E-state index contributed by atoms with van der Waals surface area (Å²) in [5.74, 6) is 1.25. The summed E-state index contributed by atoms with van der Waals surface area (Å²) in [5, 5.41) is 1.27. The first kappa shape index (κ1) is 14.1. The monoisotopic (exact) mass is 293 g/mol. The molecular formula is C16H23NO2S. The third kappa shape index (κ3) is 2.62. The molecule has 0 spiro atoms. The van der Waals surface area contributed by atoms with Crippen LogP contribution in [-0.2, 0) is 16.0 Å². The molecule has 0 amide bonds. The summed E-state index contributed by atoms with van der Waals surface area (Å²) in [7, 11) is 0. The molecule has 3 unspecified atom stereocenters. The first-order chi connectivity index (χ1) is 9.69. The van der Waals surface area contributed by atoms with Gasteiger partial charge in [0.25, 0.3) is 0 Å². The van der Waals surface area contributed by atoms with Crippen LogP contribution in [0.3, 0.4) is 0 Å². The van der Waals surface area contributed by atoms with Gasteiger partial charge in [-0.1, -0.05) is 19.8 Å². The molecule has 4 heteroatoms. The Labute approximate surface area is 124 Å². The average Bonchev–Trinajstić information content (AvgIpc) is 2.98. The Balaban J connectivity index is 1.77. The second-order valence-electron chi connectivity index (χ2n) is 6.17. The van der Waals surface area contributed by atoms with Gasteiger partial charge in [0.2, 0.25) is 0 Å². The molecule has 1 aromatic rings. The number of esters is 1. The van der Waals surface area contributed by atoms with Gasteiger partial charge in [0, 0.05) is 10.8 Å². The summed E-state index contributed by atoms with van der Waals surface area (Å²) < 4.78 is 5.18. The van der Waals surface area contributed by atoms with Crippen molar-refractivity contribution in [3.8, 4) is 0 Å². The third-order valence-corrected chi connectivity index (χ3v) is 5.88. The number of fused-ring (bicyclic) bond motifs is 1. The lowest BCUT2D eigenvalue weighted by Gasteiger charge is -2.25. The van der Waals surface area contributed by atoms with Gasteiger partial charge in [0.1, 0.15) is 5.92 Å². The summed E-state index contributed by atoms with van der Waals surface area (Å²) in [6.07, 6.45) is 7.08. The van der Waals surface area contributed by atoms with Gasteiger partial charge in [-0.3, -0.25) is 4.79 Å². The number of hydrogen-bond acceptors (Lipinski definition) is 4. The highest BCUT2D eigenvalue weighted by atomic mass is 32.1. The Morgan fingerprint density at radius 1 is 1.40 bits per heavy atom. The topological polar surface area (TPSA) is 39.2 Å². The zero-order valence-electron chi connectivity index (χ0n) is 12.4. The van der Waals surface area contributed by atoms with Crippen LogP contribution in [0.5, 0.6) is 0 Å². The van der Waals surface area contributed by atoms with Crippen LogP contribution in [-0.4, -0.2) is 17.6 Å². The molecule has 3 rings (SSSR count). The fraction of sp³-hybridized carbons (Fsp3) is 0.750. The first-order valence-electron chi connectivity index (χ1n) is 7.85. The highest BCUT2D eigenvalue weighted by Gasteiger charge is 2.35. The van der Waals surface area contributed by atoms with Gasteiger partial charge in [-0.15, -0.1) is 11.3 Å². The lowest BCUT2D eigenvalue weighted by Crippen LogP contribution is -2.15. The normalized spacial score (nSPS) is 29.2. The maximum atomic E-state index is 12.0. The lowest BCUT2D eigenvalue weighted by atomic mass is 9.83. The van der Waals surface area contributed by atoms with Crippen LogP contribution >= 0.6 is 11.3 Å². The highest BCUT2D eigenvalue weighted by molar-refractivity contribution is 7.11. The predicted molar refractivity (Wildman–Crippen MR) is 80.2 cm³/mol. The molecule has 0 aliphatic heterocycles. The van der Waals surface area contributed by atoms with Crippen LogP contribution in [0.1, 0.15) is 73.4 Å². The molecule has 0 aromatic carbocycles. The number of nitrogens with zero attached hydrogens (tertiary/aromatic N) is 1. The van der Waals surface area contributed by atoms with E-state index in [2.05, 4.69) is 6.92 Å². The van der Waals surface area contributed by atoms with Gasteiger partial charge in [-0.2, -0.15) is 0 Å². The van der Waals surface area contributed by atoms with Crippen molar-refractivity contribution in [2.45, 2.75) is 64.2 Å². The number of carbonyl (C=O) groups excluding carboxylic acids is 1. The van der Waals surface area contributed by atoms with Crippen molar-refractivity contribution in [2.24, 2.45) is 5.92 Å². The molecule has 20 heavy (non-hydrogen) atoms. The Kier molecular flexibility index (Phi) is 4.11. The fourth-order valence-corrected chi connectivity index (χ4v) is 4.84. The van der Waals surface area contributed by atoms with E-state index in [-0.39, 0.29) is 11.9 Å². The van der Waals surface area contributed by atoms with Crippen molar-refractivity contribution < 1.29 is 9.53 Å². The van der Waals surface area contributed by atoms with Crippen molar-refractivity contribution >= 4 is 17.3 Å². The molecule has 1 heterocycles. The number of hydrogen-bond donors (Lipinski definition) is 0. The Bertz CT molecular complexity index is 497. The largest absolute Gasteiger partial charge is 0.465 e. The molecule has 0 bridgehead atoms. The quantitative estimate of drug-likeness (QED) is 0.790. The Morgan fingerprint density at radius 2 is 2.25 bits per heavy atom. The minimum Gasteiger partial charge on any atom is -0.465 e. The standard InChI is InChI=1S/C16H23NO2S/c1-3-19-16(18)12-7-8-13-14(12)17-15(20-13)11-6-4-5-10(2)9-11/h10-12H,3-9H2,1-2H3. The van der Waals surface area contributed by atoms with Gasteiger partial charge < -0.3 is 4.74 Å². The third-order valence-electron chi connectivity index (χ3n) is 4.59. The van der Waals surface area contributed by atoms with Gasteiger partial charge >= 0.3 is 5.97 Å². The van der Waals surface area contributed by atoms with E-state index in [0.717, 1.165) is 24.5 Å². The van der Waals surface area contributed by atoms with Crippen LogP contribution in [0.25, 0.3) is 0 Å². The van der Waals surface area contributed by atoms with E-state index in [1.807, 2.05) is 18.3 Å². The molecule has 2 aliphatic carbocycles. The summed E-state index contributed by atoms with van der Waals surface area (Å²) in [6, 6.07) is 0. The Hall–Kier alpha value is -0.900. The SMILES string of the molecule is CCOC(=O)C1CCc2sc(C3CCCC(C)C3)nc21. The van der Waals surface area contributed by atoms with Gasteiger partial charge in [-0.25, -0.2) is 4.98 Å². The minimum atomic E-state index is -0.101. The molecular weight excluding hydrogens is 270 g/mol. The van der Waals surface area contributed by atoms with Crippen LogP contribution < -0.4 is 0 Å². The molecule has 3 atom stereocenters. The van der Waals surface area contributed by atoms with Crippen LogP contribution in [0.2, 0.25) is 0 Å². The summed E-state index contributed by atoms with van der Waals surface area (Å²) in [6.45, 7) is 4.67. The number of aromatic nitrogens is 1. The maximum Gasteiger partial charge on any atom is 0.315 e. The summed E-state index contributed by atoms with van der Waals surface area (Å²) in [5.41, 5.74) is 1.03. The smallest absolute Gasteiger partial charge is 0.315 e. The highest BCUT2D eigenvalue weighted by Crippen LogP contribution is 2.43. The molecule has 1 aromatic heterocycles. The first-order valence-corrected chi connectivity index (χ1v) is 8.66. The van der Waals surface area contributed by atoms with E-state index >= 15 is 0 Å². The number of aryl methyl sites for hydroxylation is 1. The Morgan fingerprint density at radius 3 is 3.00 bits per heavy atom. The van der Waals surface area contributed by atoms with Gasteiger partial charge in [0.15, 0.2) is 0 Å². The second-order valence-corrected chi connectivity index (χ2v) is 7.29. The van der Waals surface area contributed by atoms with Crippen molar-refractivity contribution in [3.05, 3.63) is 15.6 Å². The molecule has 3 nitrogen and oxygen atoms in total. The van der Waals surface area contributed by atoms with Crippen LogP contribution in [0.4, 0.5) is 0 Å². The zero-order valence-corrected chi connectivity index (χ0v) is 13.2. The molecule has 110 valence electrons. The molecule has 1 saturated carbocycles. The van der Waals surface area contributed by atoms with Crippen molar-refractivity contribution in [3.63, 3.8) is 0 Å². The number of thiazole rings is 1. The van der Waals surface area contributed by atoms with Crippen molar-refractivity contribution in [1.82, 2.24) is 4.98 Å². The van der Waals surface area contributed by atoms with Gasteiger partial charge in [-0.05, 0) is 38.5 Å². The average molecular weight is 293 g/mol. The summed E-state index contributed by atoms with van der Waals surface area (Å²) in [4.78, 5) is 18.2. The van der Waals surface area contributed by atoms with E-state index in [9.17, 15) is 4.79 Å². The fourth-order valence-electron chi connectivity index (χ4n) is 3.55. The van der Waals surface area contributed by atoms with Crippen molar-refractivity contribution in [2.75, 3.05) is 6.61 Å². The molecule has 0 saturated heterocycles. The second kappa shape index (κ2) is 5.84. The molecule has 0 N–H and O–H groups in total. The molecule has 0 radical (unpaired) electrons. The van der Waals surface area contributed by atoms with Crippen LogP contribution in [0, 0.1) is 5.92 Å². The zero-order chi connectivity index (χ0) is 14.1. The van der Waals surface area contributed by atoms with E-state index in [1.54, 1.807) is 0 Å². The van der Waals surface area contributed by atoms with E-state index in [0.29, 0.717) is 12.5 Å². The van der Waals surface area contributed by atoms with E-state index in [4.69, 9.17) is 9.72 Å². The summed E-state index contributed by atoms with van der Waals surface area (Å²) >= 11 is 1.85. The van der Waals surface area contributed by atoms with E-state index in [1.165, 1.54) is 35.6 Å². The van der Waals surface area contributed by atoms with Gasteiger partial charge in [0.05, 0.1) is 17.3 Å². The lowest BCUT2D eigenvalue weighted by molar-refractivity contribution is -0.145. The minimum absolute atomic E-state index is 0.0832. The molecule has 2 aliphatic rings. The molecule has 1 fully saturated rings. The predicted octanol–water partition coefficient (Wildman–Crippen LogP) is 4.03.